The summed E-state index contributed by atoms with van der Waals surface area (Å²) in [6.45, 7) is 5.39. The summed E-state index contributed by atoms with van der Waals surface area (Å²) >= 11 is 0. The Balaban J connectivity index is 1.93. The molecule has 2 amide bonds. The Morgan fingerprint density at radius 1 is 1.25 bits per heavy atom. The molecule has 1 fully saturated rings. The maximum Gasteiger partial charge on any atom is 0.235 e. The minimum absolute atomic E-state index is 0.0558. The van der Waals surface area contributed by atoms with Gasteiger partial charge >= 0.3 is 0 Å². The van der Waals surface area contributed by atoms with Crippen LogP contribution in [-0.4, -0.2) is 37.8 Å². The summed E-state index contributed by atoms with van der Waals surface area (Å²) in [5, 5.41) is 5.45. The standard InChI is InChI=1S/C17H24N2O4S/c1-12-5-4-6-13(9-12)10-18-15(20)17(2,3)16(21)19-14-7-8-24(22,23)11-14/h4-6,9,14H,7-8,10-11H2,1-3H3,(H,18,20)(H,19,21). The number of nitrogens with one attached hydrogen (secondary N) is 2. The fourth-order valence-corrected chi connectivity index (χ4v) is 4.28. The van der Waals surface area contributed by atoms with E-state index in [-0.39, 0.29) is 17.4 Å². The van der Waals surface area contributed by atoms with Gasteiger partial charge in [0.05, 0.1) is 11.5 Å². The molecule has 1 saturated heterocycles. The van der Waals surface area contributed by atoms with Gasteiger partial charge in [-0.15, -0.1) is 0 Å². The van der Waals surface area contributed by atoms with Crippen LogP contribution in [0.5, 0.6) is 0 Å². The molecule has 0 spiro atoms. The van der Waals surface area contributed by atoms with Crippen LogP contribution in [0.15, 0.2) is 24.3 Å². The Morgan fingerprint density at radius 2 is 1.96 bits per heavy atom. The molecule has 1 aliphatic rings. The van der Waals surface area contributed by atoms with Crippen molar-refractivity contribution < 1.29 is 18.0 Å². The summed E-state index contributed by atoms with van der Waals surface area (Å²) in [5.74, 6) is -0.814. The number of carbonyl (C=O) groups is 2. The van der Waals surface area contributed by atoms with Crippen LogP contribution < -0.4 is 10.6 Å². The highest BCUT2D eigenvalue weighted by Crippen LogP contribution is 2.19. The van der Waals surface area contributed by atoms with Gasteiger partial charge in [0.1, 0.15) is 5.41 Å². The molecule has 0 saturated carbocycles. The van der Waals surface area contributed by atoms with Crippen molar-refractivity contribution in [3.8, 4) is 0 Å². The van der Waals surface area contributed by atoms with Crippen molar-refractivity contribution in [2.45, 2.75) is 39.8 Å². The summed E-state index contributed by atoms with van der Waals surface area (Å²) in [6.07, 6.45) is 0.398. The van der Waals surface area contributed by atoms with Gasteiger partial charge in [-0.1, -0.05) is 29.8 Å². The predicted octanol–water partition coefficient (Wildman–Crippen LogP) is 0.941. The molecule has 1 atom stereocenters. The first-order valence-corrected chi connectivity index (χ1v) is 9.77. The maximum absolute atomic E-state index is 12.4. The second-order valence-corrected chi connectivity index (χ2v) is 9.10. The minimum atomic E-state index is -3.07. The largest absolute Gasteiger partial charge is 0.351 e. The lowest BCUT2D eigenvalue weighted by atomic mass is 9.90. The molecule has 1 heterocycles. The molecule has 1 aliphatic heterocycles. The van der Waals surface area contributed by atoms with E-state index in [0.29, 0.717) is 13.0 Å². The van der Waals surface area contributed by atoms with Gasteiger partial charge in [-0.3, -0.25) is 9.59 Å². The van der Waals surface area contributed by atoms with Crippen molar-refractivity contribution in [3.63, 3.8) is 0 Å². The van der Waals surface area contributed by atoms with E-state index < -0.39 is 27.2 Å². The number of hydrogen-bond donors (Lipinski definition) is 2. The number of aryl methyl sites for hydroxylation is 1. The number of sulfone groups is 1. The Bertz CT molecular complexity index is 741. The van der Waals surface area contributed by atoms with Crippen LogP contribution in [0.4, 0.5) is 0 Å². The topological polar surface area (TPSA) is 92.3 Å². The second kappa shape index (κ2) is 6.93. The molecule has 2 rings (SSSR count). The van der Waals surface area contributed by atoms with Crippen LogP contribution in [0.3, 0.4) is 0 Å². The third kappa shape index (κ3) is 4.56. The van der Waals surface area contributed by atoms with Crippen molar-refractivity contribution in [1.82, 2.24) is 10.6 Å². The fourth-order valence-electron chi connectivity index (χ4n) is 2.60. The van der Waals surface area contributed by atoms with Gasteiger partial charge in [0.15, 0.2) is 9.84 Å². The Kier molecular flexibility index (Phi) is 5.32. The second-order valence-electron chi connectivity index (χ2n) is 6.87. The van der Waals surface area contributed by atoms with Crippen LogP contribution in [0.2, 0.25) is 0 Å². The average molecular weight is 352 g/mol. The molecule has 7 heteroatoms. The first kappa shape index (κ1) is 18.4. The molecule has 1 aromatic rings. The zero-order valence-corrected chi connectivity index (χ0v) is 15.1. The number of rotatable bonds is 5. The summed E-state index contributed by atoms with van der Waals surface area (Å²) in [7, 11) is -3.07. The van der Waals surface area contributed by atoms with E-state index in [1.54, 1.807) is 0 Å². The highest BCUT2D eigenvalue weighted by atomic mass is 32.2. The first-order valence-electron chi connectivity index (χ1n) is 7.95. The van der Waals surface area contributed by atoms with E-state index in [0.717, 1.165) is 11.1 Å². The zero-order valence-electron chi connectivity index (χ0n) is 14.3. The van der Waals surface area contributed by atoms with Gasteiger partial charge in [-0.05, 0) is 32.8 Å². The van der Waals surface area contributed by atoms with Crippen LogP contribution >= 0.6 is 0 Å². The Morgan fingerprint density at radius 3 is 2.54 bits per heavy atom. The molecule has 6 nitrogen and oxygen atoms in total. The molecule has 1 unspecified atom stereocenters. The van der Waals surface area contributed by atoms with Crippen molar-refractivity contribution >= 4 is 21.7 Å². The highest BCUT2D eigenvalue weighted by molar-refractivity contribution is 7.91. The maximum atomic E-state index is 12.4. The smallest absolute Gasteiger partial charge is 0.235 e. The van der Waals surface area contributed by atoms with Gasteiger partial charge in [0.2, 0.25) is 11.8 Å². The van der Waals surface area contributed by atoms with Crippen molar-refractivity contribution in [2.75, 3.05) is 11.5 Å². The minimum Gasteiger partial charge on any atom is -0.351 e. The van der Waals surface area contributed by atoms with E-state index in [1.807, 2.05) is 31.2 Å². The molecule has 0 radical (unpaired) electrons. The number of carbonyl (C=O) groups excluding carboxylic acids is 2. The number of benzene rings is 1. The monoisotopic (exact) mass is 352 g/mol. The van der Waals surface area contributed by atoms with Gasteiger partial charge in [-0.2, -0.15) is 0 Å². The van der Waals surface area contributed by atoms with Crippen LogP contribution in [-0.2, 0) is 26.0 Å². The van der Waals surface area contributed by atoms with E-state index in [4.69, 9.17) is 0 Å². The van der Waals surface area contributed by atoms with Crippen LogP contribution in [0.25, 0.3) is 0 Å². The lowest BCUT2D eigenvalue weighted by Gasteiger charge is -2.24. The van der Waals surface area contributed by atoms with E-state index in [1.165, 1.54) is 13.8 Å². The summed E-state index contributed by atoms with van der Waals surface area (Å²) in [5.41, 5.74) is 0.790. The quantitative estimate of drug-likeness (QED) is 0.772. The average Bonchev–Trinajstić information content (AvgIpc) is 2.83. The molecule has 0 aromatic heterocycles. The van der Waals surface area contributed by atoms with Crippen molar-refractivity contribution in [2.24, 2.45) is 5.41 Å². The predicted molar refractivity (Wildman–Crippen MR) is 92.0 cm³/mol. The molecule has 24 heavy (non-hydrogen) atoms. The third-order valence-corrected chi connectivity index (χ3v) is 6.01. The van der Waals surface area contributed by atoms with Gasteiger partial charge in [-0.25, -0.2) is 8.42 Å². The number of amides is 2. The Hall–Kier alpha value is -1.89. The van der Waals surface area contributed by atoms with E-state index >= 15 is 0 Å². The summed E-state index contributed by atoms with van der Waals surface area (Å²) in [4.78, 5) is 24.7. The zero-order chi connectivity index (χ0) is 18.0. The first-order chi connectivity index (χ1) is 11.1. The molecule has 1 aromatic carbocycles. The van der Waals surface area contributed by atoms with E-state index in [9.17, 15) is 18.0 Å². The lowest BCUT2D eigenvalue weighted by molar-refractivity contribution is -0.141. The van der Waals surface area contributed by atoms with Gasteiger partial charge in [0, 0.05) is 12.6 Å². The molecule has 2 N–H and O–H groups in total. The fraction of sp³-hybridized carbons (Fsp3) is 0.529. The van der Waals surface area contributed by atoms with Crippen molar-refractivity contribution in [3.05, 3.63) is 35.4 Å². The highest BCUT2D eigenvalue weighted by Gasteiger charge is 2.38. The SMILES string of the molecule is Cc1cccc(CNC(=O)C(C)(C)C(=O)NC2CCS(=O)(=O)C2)c1. The number of hydrogen-bond acceptors (Lipinski definition) is 4. The van der Waals surface area contributed by atoms with Crippen LogP contribution in [0, 0.1) is 12.3 Å². The molecule has 0 aliphatic carbocycles. The third-order valence-electron chi connectivity index (χ3n) is 4.24. The lowest BCUT2D eigenvalue weighted by Crippen LogP contribution is -2.50. The molecule has 132 valence electrons. The van der Waals surface area contributed by atoms with Gasteiger partial charge < -0.3 is 10.6 Å². The Labute approximate surface area is 142 Å². The normalized spacial score (nSPS) is 19.7. The van der Waals surface area contributed by atoms with Gasteiger partial charge in [0.25, 0.3) is 0 Å². The van der Waals surface area contributed by atoms with Crippen LogP contribution in [0.1, 0.15) is 31.4 Å². The molecule has 0 bridgehead atoms. The summed E-state index contributed by atoms with van der Waals surface area (Å²) < 4.78 is 22.9. The molecular formula is C17H24N2O4S. The summed E-state index contributed by atoms with van der Waals surface area (Å²) in [6, 6.07) is 7.35. The van der Waals surface area contributed by atoms with E-state index in [2.05, 4.69) is 10.6 Å². The van der Waals surface area contributed by atoms with Crippen molar-refractivity contribution in [1.29, 1.82) is 0 Å². The molecular weight excluding hydrogens is 328 g/mol.